The Kier molecular flexibility index (Phi) is 3.62. The van der Waals surface area contributed by atoms with Crippen molar-refractivity contribution in [3.63, 3.8) is 0 Å². The number of nitrogens with two attached hydrogens (primary N) is 1. The normalized spacial score (nSPS) is 27.3. The van der Waals surface area contributed by atoms with Crippen LogP contribution in [0.15, 0.2) is 18.2 Å². The fourth-order valence-corrected chi connectivity index (χ4v) is 2.76. The van der Waals surface area contributed by atoms with E-state index in [1.54, 1.807) is 0 Å². The lowest BCUT2D eigenvalue weighted by Crippen LogP contribution is -2.47. The number of nitrogens with zero attached hydrogens (tertiary/aromatic N) is 1. The first kappa shape index (κ1) is 12.8. The van der Waals surface area contributed by atoms with Gasteiger partial charge in [0.15, 0.2) is 11.5 Å². The molecule has 1 saturated heterocycles. The molecule has 3 rings (SSSR count). The molecule has 2 unspecified atom stereocenters. The van der Waals surface area contributed by atoms with Gasteiger partial charge in [0.2, 0.25) is 0 Å². The molecule has 2 N–H and O–H groups in total. The molecule has 1 fully saturated rings. The third-order valence-electron chi connectivity index (χ3n) is 4.11. The van der Waals surface area contributed by atoms with Crippen LogP contribution in [0.2, 0.25) is 0 Å². The van der Waals surface area contributed by atoms with Crippen LogP contribution in [0.5, 0.6) is 11.5 Å². The van der Waals surface area contributed by atoms with Crippen LogP contribution >= 0.6 is 0 Å². The average molecular weight is 262 g/mol. The number of rotatable bonds is 2. The van der Waals surface area contributed by atoms with Crippen molar-refractivity contribution >= 4 is 0 Å². The third-order valence-corrected chi connectivity index (χ3v) is 4.11. The van der Waals surface area contributed by atoms with E-state index in [4.69, 9.17) is 15.2 Å². The monoisotopic (exact) mass is 262 g/mol. The van der Waals surface area contributed by atoms with Gasteiger partial charge >= 0.3 is 0 Å². The Morgan fingerprint density at radius 3 is 2.84 bits per heavy atom. The first-order valence-electron chi connectivity index (χ1n) is 7.09. The van der Waals surface area contributed by atoms with E-state index in [9.17, 15) is 0 Å². The summed E-state index contributed by atoms with van der Waals surface area (Å²) in [4.78, 5) is 2.43. The Balaban J connectivity index is 1.66. The summed E-state index contributed by atoms with van der Waals surface area (Å²) in [6.07, 6.45) is 1.19. The second kappa shape index (κ2) is 5.39. The highest BCUT2D eigenvalue weighted by Crippen LogP contribution is 2.31. The van der Waals surface area contributed by atoms with E-state index in [2.05, 4.69) is 24.0 Å². The molecule has 104 valence electrons. The zero-order chi connectivity index (χ0) is 13.2. The van der Waals surface area contributed by atoms with E-state index in [1.807, 2.05) is 6.07 Å². The van der Waals surface area contributed by atoms with Crippen LogP contribution in [0.25, 0.3) is 0 Å². The molecule has 4 nitrogen and oxygen atoms in total. The van der Waals surface area contributed by atoms with Gasteiger partial charge in [-0.2, -0.15) is 0 Å². The van der Waals surface area contributed by atoms with Gasteiger partial charge in [0.1, 0.15) is 13.2 Å². The molecule has 0 amide bonds. The van der Waals surface area contributed by atoms with Crippen LogP contribution in [-0.4, -0.2) is 37.2 Å². The van der Waals surface area contributed by atoms with Gasteiger partial charge in [-0.05, 0) is 36.6 Å². The lowest BCUT2D eigenvalue weighted by Gasteiger charge is -2.35. The van der Waals surface area contributed by atoms with Gasteiger partial charge in [0.25, 0.3) is 0 Å². The average Bonchev–Trinajstić information content (AvgIpc) is 2.43. The Labute approximate surface area is 114 Å². The third kappa shape index (κ3) is 2.85. The summed E-state index contributed by atoms with van der Waals surface area (Å²) in [7, 11) is 0. The molecule has 2 aliphatic rings. The molecule has 4 heteroatoms. The van der Waals surface area contributed by atoms with Crippen molar-refractivity contribution in [1.82, 2.24) is 4.90 Å². The van der Waals surface area contributed by atoms with Gasteiger partial charge in [-0.1, -0.05) is 13.0 Å². The maximum Gasteiger partial charge on any atom is 0.161 e. The summed E-state index contributed by atoms with van der Waals surface area (Å²) in [5.41, 5.74) is 7.42. The molecule has 2 heterocycles. The summed E-state index contributed by atoms with van der Waals surface area (Å²) in [6, 6.07) is 6.52. The molecule has 2 aliphatic heterocycles. The van der Waals surface area contributed by atoms with Crippen molar-refractivity contribution in [2.45, 2.75) is 25.9 Å². The molecule has 0 radical (unpaired) electrons. The van der Waals surface area contributed by atoms with Crippen LogP contribution in [-0.2, 0) is 6.54 Å². The summed E-state index contributed by atoms with van der Waals surface area (Å²) in [5.74, 6) is 2.37. The molecule has 1 aromatic carbocycles. The quantitative estimate of drug-likeness (QED) is 0.880. The van der Waals surface area contributed by atoms with Gasteiger partial charge in [0.05, 0.1) is 0 Å². The number of likely N-dealkylation sites (tertiary alicyclic amines) is 1. The molecule has 0 aromatic heterocycles. The molecule has 1 aromatic rings. The van der Waals surface area contributed by atoms with Gasteiger partial charge in [-0.3, -0.25) is 4.90 Å². The maximum absolute atomic E-state index is 6.15. The van der Waals surface area contributed by atoms with Crippen molar-refractivity contribution in [3.8, 4) is 11.5 Å². The number of hydrogen-bond acceptors (Lipinski definition) is 4. The molecule has 0 bridgehead atoms. The first-order valence-corrected chi connectivity index (χ1v) is 7.09. The van der Waals surface area contributed by atoms with Gasteiger partial charge in [0, 0.05) is 19.1 Å². The zero-order valence-corrected chi connectivity index (χ0v) is 11.5. The first-order chi connectivity index (χ1) is 9.22. The predicted octanol–water partition coefficient (Wildman–Crippen LogP) is 1.63. The fraction of sp³-hybridized carbons (Fsp3) is 0.600. The highest BCUT2D eigenvalue weighted by atomic mass is 16.6. The van der Waals surface area contributed by atoms with Crippen LogP contribution in [0, 0.1) is 5.92 Å². The smallest absolute Gasteiger partial charge is 0.161 e. The molecule has 0 spiro atoms. The highest BCUT2D eigenvalue weighted by molar-refractivity contribution is 5.43. The van der Waals surface area contributed by atoms with Crippen LogP contribution in [0.1, 0.15) is 18.9 Å². The highest BCUT2D eigenvalue weighted by Gasteiger charge is 2.23. The maximum atomic E-state index is 6.15. The van der Waals surface area contributed by atoms with E-state index in [0.29, 0.717) is 25.2 Å². The molecule has 0 saturated carbocycles. The summed E-state index contributed by atoms with van der Waals surface area (Å²) in [5, 5.41) is 0. The number of piperidine rings is 1. The topological polar surface area (TPSA) is 47.7 Å². The van der Waals surface area contributed by atoms with E-state index in [1.165, 1.54) is 12.0 Å². The van der Waals surface area contributed by atoms with Gasteiger partial charge < -0.3 is 15.2 Å². The molecular formula is C15H22N2O2. The zero-order valence-electron chi connectivity index (χ0n) is 11.5. The number of hydrogen-bond donors (Lipinski definition) is 1. The van der Waals surface area contributed by atoms with Crippen LogP contribution in [0.4, 0.5) is 0 Å². The lowest BCUT2D eigenvalue weighted by molar-refractivity contribution is 0.159. The van der Waals surface area contributed by atoms with E-state index < -0.39 is 0 Å². The lowest BCUT2D eigenvalue weighted by atomic mass is 9.94. The van der Waals surface area contributed by atoms with E-state index in [-0.39, 0.29) is 0 Å². The summed E-state index contributed by atoms with van der Waals surface area (Å²) in [6.45, 7) is 6.58. The second-order valence-corrected chi connectivity index (χ2v) is 5.64. The summed E-state index contributed by atoms with van der Waals surface area (Å²) >= 11 is 0. The van der Waals surface area contributed by atoms with Crippen molar-refractivity contribution in [2.24, 2.45) is 11.7 Å². The Morgan fingerprint density at radius 2 is 2.05 bits per heavy atom. The summed E-state index contributed by atoms with van der Waals surface area (Å²) < 4.78 is 11.2. The SMILES string of the molecule is CC1CCN(Cc2ccc3c(c2)OCCO3)CC1N. The number of benzene rings is 1. The van der Waals surface area contributed by atoms with E-state index >= 15 is 0 Å². The van der Waals surface area contributed by atoms with Crippen molar-refractivity contribution in [3.05, 3.63) is 23.8 Å². The minimum Gasteiger partial charge on any atom is -0.486 e. The minimum atomic E-state index is 0.297. The predicted molar refractivity (Wildman–Crippen MR) is 74.5 cm³/mol. The minimum absolute atomic E-state index is 0.297. The Hall–Kier alpha value is -1.26. The molecule has 2 atom stereocenters. The number of fused-ring (bicyclic) bond motifs is 1. The molecular weight excluding hydrogens is 240 g/mol. The van der Waals surface area contributed by atoms with E-state index in [0.717, 1.165) is 31.1 Å². The number of ether oxygens (including phenoxy) is 2. The van der Waals surface area contributed by atoms with Crippen molar-refractivity contribution < 1.29 is 9.47 Å². The Morgan fingerprint density at radius 1 is 1.26 bits per heavy atom. The van der Waals surface area contributed by atoms with Gasteiger partial charge in [-0.25, -0.2) is 0 Å². The van der Waals surface area contributed by atoms with Crippen LogP contribution in [0.3, 0.4) is 0 Å². The second-order valence-electron chi connectivity index (χ2n) is 5.64. The standard InChI is InChI=1S/C15H22N2O2/c1-11-4-5-17(10-13(11)16)9-12-2-3-14-15(8-12)19-7-6-18-14/h2-3,8,11,13H,4-7,9-10,16H2,1H3. The molecule has 0 aliphatic carbocycles. The Bertz CT molecular complexity index is 450. The largest absolute Gasteiger partial charge is 0.486 e. The van der Waals surface area contributed by atoms with Gasteiger partial charge in [-0.15, -0.1) is 0 Å². The van der Waals surface area contributed by atoms with Crippen molar-refractivity contribution in [1.29, 1.82) is 0 Å². The molecule has 19 heavy (non-hydrogen) atoms. The van der Waals surface area contributed by atoms with Crippen LogP contribution < -0.4 is 15.2 Å². The fourth-order valence-electron chi connectivity index (χ4n) is 2.76. The van der Waals surface area contributed by atoms with Crippen molar-refractivity contribution in [2.75, 3.05) is 26.3 Å².